The highest BCUT2D eigenvalue weighted by Gasteiger charge is 2.45. The Labute approximate surface area is 122 Å². The van der Waals surface area contributed by atoms with Gasteiger partial charge in [-0.25, -0.2) is 0 Å². The number of rotatable bonds is 7. The van der Waals surface area contributed by atoms with Gasteiger partial charge in [0.1, 0.15) is 0 Å². The lowest BCUT2D eigenvalue weighted by Crippen LogP contribution is -2.18. The van der Waals surface area contributed by atoms with E-state index in [9.17, 15) is 9.00 Å². The number of ether oxygens (including phenoxy) is 1. The SMILES string of the molecule is COC(=O)CC1(CS(=O)Cc2ccn(C(C)C)n2)CC1. The van der Waals surface area contributed by atoms with Crippen molar-refractivity contribution in [3.63, 3.8) is 0 Å². The minimum absolute atomic E-state index is 0.0848. The van der Waals surface area contributed by atoms with Crippen molar-refractivity contribution in [1.29, 1.82) is 0 Å². The molecule has 1 fully saturated rings. The first-order valence-corrected chi connectivity index (χ1v) is 8.39. The fourth-order valence-electron chi connectivity index (χ4n) is 2.23. The summed E-state index contributed by atoms with van der Waals surface area (Å²) in [6.07, 6.45) is 4.23. The normalized spacial score (nSPS) is 18.0. The molecule has 0 spiro atoms. The van der Waals surface area contributed by atoms with E-state index in [4.69, 9.17) is 4.74 Å². The molecule has 1 aromatic heterocycles. The molecule has 0 saturated heterocycles. The third-order valence-electron chi connectivity index (χ3n) is 3.67. The molecule has 2 rings (SSSR count). The number of aromatic nitrogens is 2. The zero-order valence-corrected chi connectivity index (χ0v) is 13.1. The Hall–Kier alpha value is -1.17. The molecule has 112 valence electrons. The molecule has 1 atom stereocenters. The Bertz CT molecular complexity index is 506. The summed E-state index contributed by atoms with van der Waals surface area (Å²) in [7, 11) is 0.417. The number of methoxy groups -OCH3 is 1. The van der Waals surface area contributed by atoms with Crippen LogP contribution in [0.15, 0.2) is 12.3 Å². The molecule has 0 radical (unpaired) electrons. The summed E-state index contributed by atoms with van der Waals surface area (Å²) in [6.45, 7) is 4.12. The minimum atomic E-state index is -0.980. The maximum Gasteiger partial charge on any atom is 0.306 e. The van der Waals surface area contributed by atoms with Crippen LogP contribution in [-0.4, -0.2) is 32.8 Å². The summed E-state index contributed by atoms with van der Waals surface area (Å²) in [5.74, 6) is 0.822. The highest BCUT2D eigenvalue weighted by atomic mass is 32.2. The van der Waals surface area contributed by atoms with Crippen molar-refractivity contribution in [3.8, 4) is 0 Å². The van der Waals surface area contributed by atoms with E-state index in [0.29, 0.717) is 24.0 Å². The monoisotopic (exact) mass is 298 g/mol. The Morgan fingerprint density at radius 2 is 2.25 bits per heavy atom. The molecule has 0 N–H and O–H groups in total. The fraction of sp³-hybridized carbons (Fsp3) is 0.714. The molecule has 0 aliphatic heterocycles. The van der Waals surface area contributed by atoms with Gasteiger partial charge < -0.3 is 4.74 Å². The highest BCUT2D eigenvalue weighted by molar-refractivity contribution is 7.84. The Morgan fingerprint density at radius 3 is 2.75 bits per heavy atom. The Kier molecular flexibility index (Phi) is 4.62. The highest BCUT2D eigenvalue weighted by Crippen LogP contribution is 2.49. The summed E-state index contributed by atoms with van der Waals surface area (Å²) < 4.78 is 18.8. The number of nitrogens with zero attached hydrogens (tertiary/aromatic N) is 2. The van der Waals surface area contributed by atoms with E-state index in [1.807, 2.05) is 16.9 Å². The van der Waals surface area contributed by atoms with Crippen molar-refractivity contribution in [2.45, 2.75) is 44.9 Å². The number of carbonyl (C=O) groups excluding carboxylic acids is 1. The topological polar surface area (TPSA) is 61.2 Å². The molecule has 1 aliphatic rings. The molecule has 6 heteroatoms. The van der Waals surface area contributed by atoms with E-state index in [0.717, 1.165) is 18.5 Å². The van der Waals surface area contributed by atoms with Gasteiger partial charge in [0.05, 0.1) is 25.0 Å². The van der Waals surface area contributed by atoms with Crippen molar-refractivity contribution in [2.75, 3.05) is 12.9 Å². The quantitative estimate of drug-likeness (QED) is 0.723. The zero-order valence-electron chi connectivity index (χ0n) is 12.3. The molecule has 0 bridgehead atoms. The second-order valence-corrected chi connectivity index (χ2v) is 7.32. The lowest BCUT2D eigenvalue weighted by Gasteiger charge is -2.12. The van der Waals surface area contributed by atoms with Crippen molar-refractivity contribution < 1.29 is 13.7 Å². The molecule has 20 heavy (non-hydrogen) atoms. The van der Waals surface area contributed by atoms with E-state index in [2.05, 4.69) is 18.9 Å². The fourth-order valence-corrected chi connectivity index (χ4v) is 3.89. The summed E-state index contributed by atoms with van der Waals surface area (Å²) in [5, 5.41) is 4.41. The van der Waals surface area contributed by atoms with Gasteiger partial charge in [-0.2, -0.15) is 5.10 Å². The van der Waals surface area contributed by atoms with Crippen LogP contribution >= 0.6 is 0 Å². The van der Waals surface area contributed by atoms with E-state index < -0.39 is 10.8 Å². The van der Waals surface area contributed by atoms with Gasteiger partial charge in [0.25, 0.3) is 0 Å². The number of hydrogen-bond donors (Lipinski definition) is 0. The van der Waals surface area contributed by atoms with Gasteiger partial charge >= 0.3 is 5.97 Å². The van der Waals surface area contributed by atoms with Crippen LogP contribution in [0.25, 0.3) is 0 Å². The van der Waals surface area contributed by atoms with Crippen LogP contribution in [0.1, 0.15) is 44.8 Å². The largest absolute Gasteiger partial charge is 0.469 e. The molecule has 1 unspecified atom stereocenters. The minimum Gasteiger partial charge on any atom is -0.469 e. The van der Waals surface area contributed by atoms with E-state index in [-0.39, 0.29) is 11.4 Å². The molecule has 1 aromatic rings. The third-order valence-corrected chi connectivity index (χ3v) is 5.22. The first kappa shape index (κ1) is 15.2. The predicted octanol–water partition coefficient (Wildman–Crippen LogP) is 2.06. The lowest BCUT2D eigenvalue weighted by molar-refractivity contribution is -0.141. The summed E-state index contributed by atoms with van der Waals surface area (Å²) >= 11 is 0. The van der Waals surface area contributed by atoms with Crippen LogP contribution in [-0.2, 0) is 26.1 Å². The van der Waals surface area contributed by atoms with Crippen LogP contribution in [0.4, 0.5) is 0 Å². The van der Waals surface area contributed by atoms with Crippen molar-refractivity contribution >= 4 is 16.8 Å². The van der Waals surface area contributed by atoms with E-state index in [1.165, 1.54) is 7.11 Å². The van der Waals surface area contributed by atoms with Gasteiger partial charge in [-0.05, 0) is 38.2 Å². The van der Waals surface area contributed by atoms with Gasteiger partial charge in [0, 0.05) is 28.8 Å². The molecule has 0 amide bonds. The maximum atomic E-state index is 12.2. The second kappa shape index (κ2) is 6.08. The van der Waals surface area contributed by atoms with Gasteiger partial charge in [-0.3, -0.25) is 13.7 Å². The molecular weight excluding hydrogens is 276 g/mol. The van der Waals surface area contributed by atoms with E-state index in [1.54, 1.807) is 0 Å². The van der Waals surface area contributed by atoms with E-state index >= 15 is 0 Å². The van der Waals surface area contributed by atoms with Crippen LogP contribution in [0.2, 0.25) is 0 Å². The van der Waals surface area contributed by atoms with Crippen LogP contribution in [0.5, 0.6) is 0 Å². The average molecular weight is 298 g/mol. The van der Waals surface area contributed by atoms with Crippen LogP contribution in [0.3, 0.4) is 0 Å². The van der Waals surface area contributed by atoms with Crippen LogP contribution < -0.4 is 0 Å². The summed E-state index contributed by atoms with van der Waals surface area (Å²) in [5.41, 5.74) is 0.768. The molecule has 1 aliphatic carbocycles. The second-order valence-electron chi connectivity index (χ2n) is 5.86. The number of carbonyl (C=O) groups is 1. The smallest absolute Gasteiger partial charge is 0.306 e. The summed E-state index contributed by atoms with van der Waals surface area (Å²) in [6, 6.07) is 2.23. The molecule has 1 heterocycles. The molecular formula is C14H22N2O3S. The average Bonchev–Trinajstić information content (AvgIpc) is 2.95. The molecule has 5 nitrogen and oxygen atoms in total. The zero-order chi connectivity index (χ0) is 14.8. The van der Waals surface area contributed by atoms with Gasteiger partial charge in [0.15, 0.2) is 0 Å². The van der Waals surface area contributed by atoms with Crippen molar-refractivity contribution in [2.24, 2.45) is 5.41 Å². The third kappa shape index (κ3) is 3.91. The van der Waals surface area contributed by atoms with Crippen molar-refractivity contribution in [3.05, 3.63) is 18.0 Å². The predicted molar refractivity (Wildman–Crippen MR) is 77.6 cm³/mol. The standard InChI is InChI=1S/C14H22N2O3S/c1-11(2)16-7-4-12(15-16)9-20(18)10-14(5-6-14)8-13(17)19-3/h4,7,11H,5-6,8-10H2,1-3H3. The molecule has 1 saturated carbocycles. The lowest BCUT2D eigenvalue weighted by atomic mass is 10.1. The Balaban J connectivity index is 1.87. The van der Waals surface area contributed by atoms with Gasteiger partial charge in [0.2, 0.25) is 0 Å². The van der Waals surface area contributed by atoms with Gasteiger partial charge in [-0.15, -0.1) is 0 Å². The first-order chi connectivity index (χ1) is 9.44. The van der Waals surface area contributed by atoms with Crippen LogP contribution in [0, 0.1) is 5.41 Å². The summed E-state index contributed by atoms with van der Waals surface area (Å²) in [4.78, 5) is 11.3. The number of esters is 1. The first-order valence-electron chi connectivity index (χ1n) is 6.90. The van der Waals surface area contributed by atoms with Crippen molar-refractivity contribution in [1.82, 2.24) is 9.78 Å². The molecule has 0 aromatic carbocycles. The van der Waals surface area contributed by atoms with Gasteiger partial charge in [-0.1, -0.05) is 0 Å². The maximum absolute atomic E-state index is 12.2. The number of hydrogen-bond acceptors (Lipinski definition) is 4. The Morgan fingerprint density at radius 1 is 1.55 bits per heavy atom.